The van der Waals surface area contributed by atoms with Crippen LogP contribution in [0.25, 0.3) is 0 Å². The van der Waals surface area contributed by atoms with Gasteiger partial charge >= 0.3 is 0 Å². The number of nitrogens with zero attached hydrogens (tertiary/aromatic N) is 2. The Bertz CT molecular complexity index is 459. The highest BCUT2D eigenvalue weighted by atomic mass is 32.2. The van der Waals surface area contributed by atoms with Crippen LogP contribution in [0.5, 0.6) is 0 Å². The summed E-state index contributed by atoms with van der Waals surface area (Å²) in [4.78, 5) is 0. The molecule has 0 atom stereocenters. The predicted octanol–water partition coefficient (Wildman–Crippen LogP) is -0.405. The first-order valence-electron chi connectivity index (χ1n) is 4.64. The molecule has 0 bridgehead atoms. The number of nitriles is 1. The maximum atomic E-state index is 11.7. The summed E-state index contributed by atoms with van der Waals surface area (Å²) in [5.41, 5.74) is 0. The van der Waals surface area contributed by atoms with Crippen molar-refractivity contribution in [1.29, 1.82) is 5.26 Å². The summed E-state index contributed by atoms with van der Waals surface area (Å²) in [5.74, 6) is -0.907. The molecule has 8 heteroatoms. The molecular formula is C8H16N2O4S2. The van der Waals surface area contributed by atoms with Crippen molar-refractivity contribution in [2.75, 3.05) is 24.3 Å². The lowest BCUT2D eigenvalue weighted by Crippen LogP contribution is -2.40. The maximum Gasteiger partial charge on any atom is 0.216 e. The van der Waals surface area contributed by atoms with Gasteiger partial charge in [0, 0.05) is 12.3 Å². The molecule has 0 radical (unpaired) electrons. The van der Waals surface area contributed by atoms with Crippen LogP contribution in [0.2, 0.25) is 0 Å². The van der Waals surface area contributed by atoms with Crippen LogP contribution in [0, 0.1) is 11.3 Å². The topological polar surface area (TPSA) is 95.3 Å². The fourth-order valence-corrected chi connectivity index (χ4v) is 4.23. The Morgan fingerprint density at radius 1 is 1.19 bits per heavy atom. The molecule has 0 amide bonds. The zero-order valence-corrected chi connectivity index (χ0v) is 11.2. The lowest BCUT2D eigenvalue weighted by molar-refractivity contribution is 0.386. The second kappa shape index (κ2) is 5.61. The zero-order chi connectivity index (χ0) is 13.0. The molecule has 0 fully saturated rings. The minimum atomic E-state index is -3.69. The lowest BCUT2D eigenvalue weighted by atomic mass is 10.4. The molecular weight excluding hydrogens is 252 g/mol. The van der Waals surface area contributed by atoms with Crippen LogP contribution < -0.4 is 0 Å². The number of rotatable bonds is 6. The van der Waals surface area contributed by atoms with E-state index in [2.05, 4.69) is 0 Å². The van der Waals surface area contributed by atoms with Gasteiger partial charge in [0.25, 0.3) is 0 Å². The van der Waals surface area contributed by atoms with Crippen LogP contribution in [-0.4, -0.2) is 51.5 Å². The summed E-state index contributed by atoms with van der Waals surface area (Å²) in [6.07, 6.45) is 0.979. The van der Waals surface area contributed by atoms with E-state index in [0.29, 0.717) is 0 Å². The number of sulfone groups is 1. The van der Waals surface area contributed by atoms with Crippen LogP contribution in [-0.2, 0) is 19.9 Å². The smallest absolute Gasteiger partial charge is 0.216 e. The van der Waals surface area contributed by atoms with Crippen molar-refractivity contribution in [1.82, 2.24) is 4.31 Å². The minimum absolute atomic E-state index is 0.260. The predicted molar refractivity (Wildman–Crippen MR) is 61.0 cm³/mol. The number of hydrogen-bond acceptors (Lipinski definition) is 5. The van der Waals surface area contributed by atoms with Gasteiger partial charge in [0.05, 0.1) is 17.6 Å². The van der Waals surface area contributed by atoms with Crippen molar-refractivity contribution in [3.8, 4) is 6.07 Å². The maximum absolute atomic E-state index is 11.7. The Hall–Kier alpha value is -0.650. The first-order chi connectivity index (χ1) is 7.10. The van der Waals surface area contributed by atoms with Gasteiger partial charge in [-0.05, 0) is 13.8 Å². The van der Waals surface area contributed by atoms with Crippen molar-refractivity contribution >= 4 is 19.9 Å². The minimum Gasteiger partial charge on any atom is -0.229 e. The Labute approximate surface area is 96.8 Å². The molecule has 0 aliphatic rings. The van der Waals surface area contributed by atoms with Crippen molar-refractivity contribution in [2.45, 2.75) is 19.9 Å². The zero-order valence-electron chi connectivity index (χ0n) is 9.54. The van der Waals surface area contributed by atoms with Gasteiger partial charge in [-0.1, -0.05) is 0 Å². The summed E-state index contributed by atoms with van der Waals surface area (Å²) in [6, 6.07) is 1.39. The summed E-state index contributed by atoms with van der Waals surface area (Å²) in [7, 11) is -7.01. The van der Waals surface area contributed by atoms with E-state index in [9.17, 15) is 16.8 Å². The van der Waals surface area contributed by atoms with Gasteiger partial charge in [-0.15, -0.1) is 0 Å². The highest BCUT2D eigenvalue weighted by molar-refractivity contribution is 7.93. The second-order valence-corrected chi connectivity index (χ2v) is 8.04. The van der Waals surface area contributed by atoms with E-state index < -0.39 is 31.4 Å². The molecule has 0 aliphatic heterocycles. The van der Waals surface area contributed by atoms with Crippen LogP contribution in [0.3, 0.4) is 0 Å². The van der Waals surface area contributed by atoms with E-state index in [1.165, 1.54) is 0 Å². The molecule has 94 valence electrons. The van der Waals surface area contributed by atoms with Gasteiger partial charge in [-0.2, -0.15) is 9.57 Å². The largest absolute Gasteiger partial charge is 0.229 e. The monoisotopic (exact) mass is 268 g/mol. The molecule has 0 N–H and O–H groups in total. The van der Waals surface area contributed by atoms with E-state index in [4.69, 9.17) is 5.26 Å². The SMILES string of the molecule is CC(C)N(CC#N)S(=O)(=O)CCS(C)(=O)=O. The summed E-state index contributed by atoms with van der Waals surface area (Å²) in [5, 5.41) is 8.50. The third kappa shape index (κ3) is 5.44. The van der Waals surface area contributed by atoms with Gasteiger partial charge < -0.3 is 0 Å². The van der Waals surface area contributed by atoms with E-state index in [1.54, 1.807) is 19.9 Å². The molecule has 0 rings (SSSR count). The highest BCUT2D eigenvalue weighted by Crippen LogP contribution is 2.07. The number of sulfonamides is 1. The quantitative estimate of drug-likeness (QED) is 0.610. The molecule has 0 heterocycles. The van der Waals surface area contributed by atoms with Gasteiger partial charge in [-0.3, -0.25) is 0 Å². The average Bonchev–Trinajstić information content (AvgIpc) is 2.09. The van der Waals surface area contributed by atoms with Crippen molar-refractivity contribution < 1.29 is 16.8 Å². The van der Waals surface area contributed by atoms with Crippen LogP contribution in [0.4, 0.5) is 0 Å². The van der Waals surface area contributed by atoms with Gasteiger partial charge in [0.1, 0.15) is 16.4 Å². The molecule has 0 saturated carbocycles. The Balaban J connectivity index is 4.83. The van der Waals surface area contributed by atoms with E-state index in [-0.39, 0.29) is 12.6 Å². The van der Waals surface area contributed by atoms with E-state index >= 15 is 0 Å². The molecule has 0 aromatic rings. The fourth-order valence-electron chi connectivity index (χ4n) is 1.05. The van der Waals surface area contributed by atoms with Crippen molar-refractivity contribution in [3.63, 3.8) is 0 Å². The van der Waals surface area contributed by atoms with Gasteiger partial charge in [0.15, 0.2) is 0 Å². The molecule has 6 nitrogen and oxygen atoms in total. The van der Waals surface area contributed by atoms with E-state index in [1.807, 2.05) is 0 Å². The van der Waals surface area contributed by atoms with Crippen LogP contribution in [0.1, 0.15) is 13.8 Å². The molecule has 0 unspecified atom stereocenters. The van der Waals surface area contributed by atoms with Crippen LogP contribution >= 0.6 is 0 Å². The lowest BCUT2D eigenvalue weighted by Gasteiger charge is -2.22. The molecule has 0 saturated heterocycles. The number of hydrogen-bond donors (Lipinski definition) is 0. The average molecular weight is 268 g/mol. The van der Waals surface area contributed by atoms with Crippen LogP contribution in [0.15, 0.2) is 0 Å². The summed E-state index contributed by atoms with van der Waals surface area (Å²) < 4.78 is 46.2. The molecule has 16 heavy (non-hydrogen) atoms. The fraction of sp³-hybridized carbons (Fsp3) is 0.875. The first-order valence-corrected chi connectivity index (χ1v) is 8.31. The molecule has 0 aromatic carbocycles. The van der Waals surface area contributed by atoms with Crippen molar-refractivity contribution in [3.05, 3.63) is 0 Å². The Morgan fingerprint density at radius 3 is 2.00 bits per heavy atom. The van der Waals surface area contributed by atoms with Gasteiger partial charge in [-0.25, -0.2) is 16.8 Å². The third-order valence-corrected chi connectivity index (χ3v) is 5.06. The van der Waals surface area contributed by atoms with Gasteiger partial charge in [0.2, 0.25) is 10.0 Å². The van der Waals surface area contributed by atoms with Crippen molar-refractivity contribution in [2.24, 2.45) is 0 Å². The molecule has 0 aliphatic carbocycles. The Morgan fingerprint density at radius 2 is 1.69 bits per heavy atom. The Kier molecular flexibility index (Phi) is 5.38. The highest BCUT2D eigenvalue weighted by Gasteiger charge is 2.25. The normalized spacial score (nSPS) is 13.0. The first kappa shape index (κ1) is 15.3. The summed E-state index contributed by atoms with van der Waals surface area (Å²) >= 11 is 0. The molecule has 0 spiro atoms. The van der Waals surface area contributed by atoms with E-state index in [0.717, 1.165) is 10.6 Å². The summed E-state index contributed by atoms with van der Waals surface area (Å²) in [6.45, 7) is 3.01. The third-order valence-electron chi connectivity index (χ3n) is 1.87. The second-order valence-electron chi connectivity index (χ2n) is 3.74. The molecule has 0 aromatic heterocycles. The standard InChI is InChI=1S/C8H16N2O4S2/c1-8(2)10(5-4-9)16(13,14)7-6-15(3,11)12/h8H,5-7H2,1-3H3.